The number of hydrogen-bond acceptors (Lipinski definition) is 2. The maximum Gasteiger partial charge on any atom is 0.266 e. The average Bonchev–Trinajstić information content (AvgIpc) is 3.03. The van der Waals surface area contributed by atoms with E-state index in [2.05, 4.69) is 48.9 Å². The molecular weight excluding hydrogens is 382 g/mol. The largest absolute Gasteiger partial charge is 0.347 e. The number of rotatable bonds is 3. The van der Waals surface area contributed by atoms with Gasteiger partial charge in [-0.05, 0) is 56.3 Å². The number of fused-ring (bicyclic) bond motifs is 2. The molecule has 0 saturated carbocycles. The van der Waals surface area contributed by atoms with Crippen molar-refractivity contribution < 1.29 is 0 Å². The molecule has 0 amide bonds. The monoisotopic (exact) mass is 405 g/mol. The van der Waals surface area contributed by atoms with E-state index >= 15 is 0 Å². The van der Waals surface area contributed by atoms with E-state index in [1.165, 1.54) is 16.6 Å². The summed E-state index contributed by atoms with van der Waals surface area (Å²) in [7, 11) is 2.07. The Kier molecular flexibility index (Phi) is 4.55. The maximum atomic E-state index is 13.4. The van der Waals surface area contributed by atoms with E-state index in [0.29, 0.717) is 16.7 Å². The molecule has 5 aromatic rings. The fourth-order valence-electron chi connectivity index (χ4n) is 4.12. The lowest BCUT2D eigenvalue weighted by atomic mass is 10.1. The van der Waals surface area contributed by atoms with Crippen LogP contribution in [0.3, 0.4) is 0 Å². The number of hydrogen-bond donors (Lipinski definition) is 0. The first-order valence-corrected chi connectivity index (χ1v) is 10.4. The Balaban J connectivity index is 1.75. The molecule has 0 saturated heterocycles. The van der Waals surface area contributed by atoms with Gasteiger partial charge in [-0.2, -0.15) is 0 Å². The molecule has 0 spiro atoms. The topological polar surface area (TPSA) is 39.8 Å². The first-order chi connectivity index (χ1) is 15.0. The van der Waals surface area contributed by atoms with E-state index in [9.17, 15) is 4.79 Å². The summed E-state index contributed by atoms with van der Waals surface area (Å²) in [6.45, 7) is 4.15. The standard InChI is InChI=1S/C27H23N3O/c1-18-12-14-20(15-13-18)30-26(28-24-10-6-4-9-23(24)27(30)31)17-16-21-19(2)29(3)25-11-7-5-8-22(21)25/h4-17H,1-3H3/b17-16-. The first-order valence-electron chi connectivity index (χ1n) is 10.4. The van der Waals surface area contributed by atoms with Crippen LogP contribution >= 0.6 is 0 Å². The van der Waals surface area contributed by atoms with Crippen LogP contribution in [-0.4, -0.2) is 14.1 Å². The summed E-state index contributed by atoms with van der Waals surface area (Å²) in [6.07, 6.45) is 4.02. The Morgan fingerprint density at radius 1 is 0.806 bits per heavy atom. The third kappa shape index (κ3) is 3.17. The summed E-state index contributed by atoms with van der Waals surface area (Å²) < 4.78 is 3.88. The lowest BCUT2D eigenvalue weighted by Gasteiger charge is -2.11. The third-order valence-electron chi connectivity index (χ3n) is 5.94. The van der Waals surface area contributed by atoms with E-state index in [4.69, 9.17) is 4.98 Å². The van der Waals surface area contributed by atoms with Gasteiger partial charge >= 0.3 is 0 Å². The van der Waals surface area contributed by atoms with Gasteiger partial charge in [0.2, 0.25) is 0 Å². The second-order valence-electron chi connectivity index (χ2n) is 7.87. The van der Waals surface area contributed by atoms with Crippen LogP contribution in [0.25, 0.3) is 39.6 Å². The molecule has 0 fully saturated rings. The van der Waals surface area contributed by atoms with E-state index < -0.39 is 0 Å². The molecule has 2 aromatic heterocycles. The highest BCUT2D eigenvalue weighted by Gasteiger charge is 2.13. The highest BCUT2D eigenvalue weighted by Crippen LogP contribution is 2.26. The van der Waals surface area contributed by atoms with Crippen molar-refractivity contribution in [2.24, 2.45) is 7.05 Å². The van der Waals surface area contributed by atoms with Crippen LogP contribution in [0.1, 0.15) is 22.6 Å². The van der Waals surface area contributed by atoms with Crippen LogP contribution < -0.4 is 5.56 Å². The second kappa shape index (κ2) is 7.40. The molecule has 2 heterocycles. The average molecular weight is 406 g/mol. The molecule has 0 N–H and O–H groups in total. The summed E-state index contributed by atoms with van der Waals surface area (Å²) in [4.78, 5) is 18.3. The highest BCUT2D eigenvalue weighted by molar-refractivity contribution is 5.93. The zero-order valence-corrected chi connectivity index (χ0v) is 17.8. The van der Waals surface area contributed by atoms with Gasteiger partial charge in [-0.15, -0.1) is 0 Å². The Bertz CT molecular complexity index is 1520. The number of aromatic nitrogens is 3. The molecule has 0 atom stereocenters. The number of aryl methyl sites for hydroxylation is 2. The van der Waals surface area contributed by atoms with Gasteiger partial charge in [0.25, 0.3) is 5.56 Å². The van der Waals surface area contributed by atoms with Crippen LogP contribution in [0.2, 0.25) is 0 Å². The molecule has 0 unspecified atom stereocenters. The minimum absolute atomic E-state index is 0.0660. The van der Waals surface area contributed by atoms with E-state index in [0.717, 1.165) is 16.8 Å². The van der Waals surface area contributed by atoms with Crippen LogP contribution in [-0.2, 0) is 7.05 Å². The van der Waals surface area contributed by atoms with Crippen molar-refractivity contribution in [1.29, 1.82) is 0 Å². The lowest BCUT2D eigenvalue weighted by Crippen LogP contribution is -2.22. The molecule has 0 aliphatic heterocycles. The van der Waals surface area contributed by atoms with E-state index in [1.54, 1.807) is 4.57 Å². The number of nitrogens with zero attached hydrogens (tertiary/aromatic N) is 3. The first kappa shape index (κ1) is 19.1. The fourth-order valence-corrected chi connectivity index (χ4v) is 4.12. The van der Waals surface area contributed by atoms with Gasteiger partial charge in [0.1, 0.15) is 5.82 Å². The zero-order chi connectivity index (χ0) is 21.5. The van der Waals surface area contributed by atoms with Crippen molar-refractivity contribution in [3.63, 3.8) is 0 Å². The number of benzene rings is 3. The quantitative estimate of drug-likeness (QED) is 0.388. The van der Waals surface area contributed by atoms with E-state index in [-0.39, 0.29) is 5.56 Å². The Hall–Kier alpha value is -3.92. The minimum Gasteiger partial charge on any atom is -0.347 e. The fraction of sp³-hybridized carbons (Fsp3) is 0.111. The zero-order valence-electron chi connectivity index (χ0n) is 17.8. The Morgan fingerprint density at radius 2 is 1.48 bits per heavy atom. The van der Waals surface area contributed by atoms with Crippen molar-refractivity contribution in [1.82, 2.24) is 14.1 Å². The van der Waals surface area contributed by atoms with Gasteiger partial charge in [0.15, 0.2) is 0 Å². The molecule has 5 rings (SSSR count). The maximum absolute atomic E-state index is 13.4. The summed E-state index contributed by atoms with van der Waals surface area (Å²) >= 11 is 0. The third-order valence-corrected chi connectivity index (χ3v) is 5.94. The molecule has 0 aliphatic rings. The second-order valence-corrected chi connectivity index (χ2v) is 7.87. The van der Waals surface area contributed by atoms with Gasteiger partial charge in [-0.1, -0.05) is 48.0 Å². The van der Waals surface area contributed by atoms with Crippen molar-refractivity contribution in [3.05, 3.63) is 106 Å². The van der Waals surface area contributed by atoms with Gasteiger partial charge in [0, 0.05) is 29.2 Å². The Labute approximate surface area is 180 Å². The van der Waals surface area contributed by atoms with Gasteiger partial charge < -0.3 is 4.57 Å². The van der Waals surface area contributed by atoms with Crippen molar-refractivity contribution in [2.45, 2.75) is 13.8 Å². The van der Waals surface area contributed by atoms with Gasteiger partial charge in [-0.25, -0.2) is 4.98 Å². The van der Waals surface area contributed by atoms with Crippen molar-refractivity contribution >= 4 is 34.0 Å². The molecular formula is C27H23N3O. The molecule has 152 valence electrons. The Morgan fingerprint density at radius 3 is 2.26 bits per heavy atom. The van der Waals surface area contributed by atoms with E-state index in [1.807, 2.05) is 61.5 Å². The normalized spacial score (nSPS) is 11.7. The molecule has 0 bridgehead atoms. The summed E-state index contributed by atoms with van der Waals surface area (Å²) in [5, 5.41) is 1.80. The SMILES string of the molecule is Cc1ccc(-n2c(/C=C\c3c(C)n(C)c4ccccc34)nc3ccccc3c2=O)cc1. The lowest BCUT2D eigenvalue weighted by molar-refractivity contribution is 0.916. The van der Waals surface area contributed by atoms with Crippen molar-refractivity contribution in [3.8, 4) is 5.69 Å². The summed E-state index contributed by atoms with van der Waals surface area (Å²) in [5.41, 5.74) is 6.08. The van der Waals surface area contributed by atoms with Crippen LogP contribution in [0.15, 0.2) is 77.6 Å². The predicted molar refractivity (Wildman–Crippen MR) is 129 cm³/mol. The molecule has 31 heavy (non-hydrogen) atoms. The smallest absolute Gasteiger partial charge is 0.266 e. The van der Waals surface area contributed by atoms with Crippen molar-refractivity contribution in [2.75, 3.05) is 0 Å². The van der Waals surface area contributed by atoms with Gasteiger partial charge in [-0.3, -0.25) is 9.36 Å². The molecule has 4 heteroatoms. The molecule has 3 aromatic carbocycles. The van der Waals surface area contributed by atoms with Gasteiger partial charge in [0.05, 0.1) is 16.6 Å². The molecule has 0 aliphatic carbocycles. The number of para-hydroxylation sites is 2. The summed E-state index contributed by atoms with van der Waals surface area (Å²) in [5.74, 6) is 0.611. The minimum atomic E-state index is -0.0660. The predicted octanol–water partition coefficient (Wildman–Crippen LogP) is 5.66. The highest BCUT2D eigenvalue weighted by atomic mass is 16.1. The van der Waals surface area contributed by atoms with Crippen LogP contribution in [0, 0.1) is 13.8 Å². The van der Waals surface area contributed by atoms with Crippen LogP contribution in [0.4, 0.5) is 0 Å². The van der Waals surface area contributed by atoms with Crippen LogP contribution in [0.5, 0.6) is 0 Å². The summed E-state index contributed by atoms with van der Waals surface area (Å²) in [6, 6.07) is 23.8. The molecule has 0 radical (unpaired) electrons. The molecule has 4 nitrogen and oxygen atoms in total.